The van der Waals surface area contributed by atoms with Crippen LogP contribution < -0.4 is 14.8 Å². The van der Waals surface area contributed by atoms with Crippen molar-refractivity contribution >= 4 is 5.91 Å². The van der Waals surface area contributed by atoms with Gasteiger partial charge in [-0.05, 0) is 24.3 Å². The molecule has 1 unspecified atom stereocenters. The molecule has 0 spiro atoms. The molecule has 0 fully saturated rings. The van der Waals surface area contributed by atoms with Crippen molar-refractivity contribution in [1.29, 1.82) is 0 Å². The molecule has 1 amide bonds. The number of methoxy groups -OCH3 is 1. The molecule has 1 aromatic rings. The van der Waals surface area contributed by atoms with Crippen molar-refractivity contribution in [2.45, 2.75) is 18.7 Å². The SMILES string of the molecule is COc1ccc(OCCC(=O)NCC(O)C(F)(F)F)cc1. The maximum Gasteiger partial charge on any atom is 0.416 e. The number of hydrogen-bond acceptors (Lipinski definition) is 4. The number of rotatable bonds is 7. The summed E-state index contributed by atoms with van der Waals surface area (Å²) in [4.78, 5) is 11.3. The molecule has 0 saturated heterocycles. The Hall–Kier alpha value is -1.96. The van der Waals surface area contributed by atoms with E-state index in [-0.39, 0.29) is 13.0 Å². The molecular formula is C13H16F3NO4. The number of carbonyl (C=O) groups excluding carboxylic acids is 1. The number of amides is 1. The van der Waals surface area contributed by atoms with Crippen LogP contribution in [0.2, 0.25) is 0 Å². The predicted molar refractivity (Wildman–Crippen MR) is 68.2 cm³/mol. The average molecular weight is 307 g/mol. The lowest BCUT2D eigenvalue weighted by atomic mass is 10.3. The second kappa shape index (κ2) is 7.72. The third-order valence-electron chi connectivity index (χ3n) is 2.53. The first-order valence-corrected chi connectivity index (χ1v) is 6.11. The molecule has 1 rings (SSSR count). The molecule has 0 aliphatic carbocycles. The van der Waals surface area contributed by atoms with Crippen molar-refractivity contribution in [3.8, 4) is 11.5 Å². The van der Waals surface area contributed by atoms with E-state index in [1.165, 1.54) is 7.11 Å². The van der Waals surface area contributed by atoms with E-state index in [4.69, 9.17) is 14.6 Å². The number of halogens is 3. The minimum atomic E-state index is -4.74. The van der Waals surface area contributed by atoms with Crippen LogP contribution in [0.5, 0.6) is 11.5 Å². The Morgan fingerprint density at radius 2 is 1.86 bits per heavy atom. The summed E-state index contributed by atoms with van der Waals surface area (Å²) in [6.45, 7) is -0.856. The minimum Gasteiger partial charge on any atom is -0.497 e. The van der Waals surface area contributed by atoms with Crippen molar-refractivity contribution in [1.82, 2.24) is 5.32 Å². The van der Waals surface area contributed by atoms with Gasteiger partial charge in [-0.15, -0.1) is 0 Å². The van der Waals surface area contributed by atoms with Crippen LogP contribution >= 0.6 is 0 Å². The number of hydrogen-bond donors (Lipinski definition) is 2. The van der Waals surface area contributed by atoms with Gasteiger partial charge in [-0.2, -0.15) is 13.2 Å². The number of nitrogens with one attached hydrogen (secondary N) is 1. The molecular weight excluding hydrogens is 291 g/mol. The van der Waals surface area contributed by atoms with Gasteiger partial charge >= 0.3 is 6.18 Å². The van der Waals surface area contributed by atoms with Crippen molar-refractivity contribution < 1.29 is 32.5 Å². The van der Waals surface area contributed by atoms with Gasteiger partial charge in [0.25, 0.3) is 0 Å². The molecule has 1 atom stereocenters. The van der Waals surface area contributed by atoms with Crippen molar-refractivity contribution in [3.05, 3.63) is 24.3 Å². The lowest BCUT2D eigenvalue weighted by Gasteiger charge is -2.15. The third-order valence-corrected chi connectivity index (χ3v) is 2.53. The van der Waals surface area contributed by atoms with Crippen molar-refractivity contribution in [2.75, 3.05) is 20.3 Å². The molecule has 1 aromatic carbocycles. The Morgan fingerprint density at radius 3 is 2.38 bits per heavy atom. The van der Waals surface area contributed by atoms with Crippen LogP contribution in [0.15, 0.2) is 24.3 Å². The molecule has 8 heteroatoms. The number of aliphatic hydroxyl groups excluding tert-OH is 1. The van der Waals surface area contributed by atoms with Gasteiger partial charge in [0.15, 0.2) is 6.10 Å². The van der Waals surface area contributed by atoms with Crippen LogP contribution in [0, 0.1) is 0 Å². The van der Waals surface area contributed by atoms with Crippen LogP contribution in [-0.4, -0.2) is 43.6 Å². The molecule has 0 aliphatic heterocycles. The Labute approximate surface area is 119 Å². The van der Waals surface area contributed by atoms with Gasteiger partial charge in [0.2, 0.25) is 5.91 Å². The van der Waals surface area contributed by atoms with Crippen LogP contribution in [0.3, 0.4) is 0 Å². The Balaban J connectivity index is 2.24. The molecule has 0 radical (unpaired) electrons. The van der Waals surface area contributed by atoms with Crippen molar-refractivity contribution in [2.24, 2.45) is 0 Å². The van der Waals surface area contributed by atoms with Crippen LogP contribution in [0.4, 0.5) is 13.2 Å². The van der Waals surface area contributed by atoms with E-state index in [9.17, 15) is 18.0 Å². The molecule has 0 bridgehead atoms. The van der Waals surface area contributed by atoms with Crippen LogP contribution in [-0.2, 0) is 4.79 Å². The first kappa shape index (κ1) is 17.1. The lowest BCUT2D eigenvalue weighted by Crippen LogP contribution is -2.40. The second-order valence-electron chi connectivity index (χ2n) is 4.14. The fourth-order valence-electron chi connectivity index (χ4n) is 1.35. The Kier molecular flexibility index (Phi) is 6.29. The normalized spacial score (nSPS) is 12.6. The van der Waals surface area contributed by atoms with Crippen LogP contribution in [0.1, 0.15) is 6.42 Å². The van der Waals surface area contributed by atoms with Gasteiger partial charge in [-0.25, -0.2) is 0 Å². The molecule has 0 heterocycles. The zero-order chi connectivity index (χ0) is 15.9. The van der Waals surface area contributed by atoms with E-state index in [1.807, 2.05) is 5.32 Å². The topological polar surface area (TPSA) is 67.8 Å². The number of ether oxygens (including phenoxy) is 2. The van der Waals surface area contributed by atoms with E-state index in [2.05, 4.69) is 0 Å². The lowest BCUT2D eigenvalue weighted by molar-refractivity contribution is -0.201. The molecule has 5 nitrogen and oxygen atoms in total. The first-order valence-electron chi connectivity index (χ1n) is 6.11. The minimum absolute atomic E-state index is 0.0142. The van der Waals surface area contributed by atoms with E-state index in [0.29, 0.717) is 11.5 Å². The molecule has 2 N–H and O–H groups in total. The van der Waals surface area contributed by atoms with Gasteiger partial charge in [-0.1, -0.05) is 0 Å². The molecule has 0 aromatic heterocycles. The molecule has 0 saturated carbocycles. The molecule has 0 aliphatic rings. The average Bonchev–Trinajstić information content (AvgIpc) is 2.44. The molecule has 118 valence electrons. The van der Waals surface area contributed by atoms with E-state index in [0.717, 1.165) is 0 Å². The quantitative estimate of drug-likeness (QED) is 0.801. The summed E-state index contributed by atoms with van der Waals surface area (Å²) in [5.74, 6) is 0.534. The zero-order valence-corrected chi connectivity index (χ0v) is 11.3. The van der Waals surface area contributed by atoms with Gasteiger partial charge < -0.3 is 19.9 Å². The zero-order valence-electron chi connectivity index (χ0n) is 11.3. The number of alkyl halides is 3. The summed E-state index contributed by atoms with van der Waals surface area (Å²) in [7, 11) is 1.52. The van der Waals surface area contributed by atoms with Crippen molar-refractivity contribution in [3.63, 3.8) is 0 Å². The summed E-state index contributed by atoms with van der Waals surface area (Å²) in [6.07, 6.45) is -7.42. The van der Waals surface area contributed by atoms with E-state index in [1.54, 1.807) is 24.3 Å². The Morgan fingerprint density at radius 1 is 1.29 bits per heavy atom. The molecule has 21 heavy (non-hydrogen) atoms. The van der Waals surface area contributed by atoms with Gasteiger partial charge in [0.1, 0.15) is 11.5 Å². The summed E-state index contributed by atoms with van der Waals surface area (Å²) in [6, 6.07) is 6.64. The number of benzene rings is 1. The third kappa shape index (κ3) is 6.35. The van der Waals surface area contributed by atoms with Gasteiger partial charge in [0.05, 0.1) is 26.7 Å². The maximum absolute atomic E-state index is 12.0. The first-order chi connectivity index (χ1) is 9.82. The Bertz CT molecular complexity index is 448. The monoisotopic (exact) mass is 307 g/mol. The largest absolute Gasteiger partial charge is 0.497 e. The van der Waals surface area contributed by atoms with Gasteiger partial charge in [-0.3, -0.25) is 4.79 Å². The highest BCUT2D eigenvalue weighted by molar-refractivity contribution is 5.76. The second-order valence-corrected chi connectivity index (χ2v) is 4.14. The summed E-state index contributed by atoms with van der Waals surface area (Å²) < 4.78 is 46.2. The summed E-state index contributed by atoms with van der Waals surface area (Å²) in [5, 5.41) is 10.7. The van der Waals surface area contributed by atoms with Gasteiger partial charge in [0, 0.05) is 0 Å². The fourth-order valence-corrected chi connectivity index (χ4v) is 1.35. The highest BCUT2D eigenvalue weighted by Crippen LogP contribution is 2.19. The predicted octanol–water partition coefficient (Wildman–Crippen LogP) is 1.50. The summed E-state index contributed by atoms with van der Waals surface area (Å²) >= 11 is 0. The van der Waals surface area contributed by atoms with E-state index >= 15 is 0 Å². The number of carbonyl (C=O) groups is 1. The number of aliphatic hydroxyl groups is 1. The van der Waals surface area contributed by atoms with Crippen LogP contribution in [0.25, 0.3) is 0 Å². The summed E-state index contributed by atoms with van der Waals surface area (Å²) in [5.41, 5.74) is 0. The standard InChI is InChI=1S/C13H16F3NO4/c1-20-9-2-4-10(5-3-9)21-7-6-12(19)17-8-11(18)13(14,15)16/h2-5,11,18H,6-8H2,1H3,(H,17,19). The van der Waals surface area contributed by atoms with E-state index < -0.39 is 24.7 Å². The fraction of sp³-hybridized carbons (Fsp3) is 0.462. The highest BCUT2D eigenvalue weighted by atomic mass is 19.4. The highest BCUT2D eigenvalue weighted by Gasteiger charge is 2.38. The maximum atomic E-state index is 12.0. The smallest absolute Gasteiger partial charge is 0.416 e.